The average molecular weight is 200 g/mol. The molecule has 2 heterocycles. The van der Waals surface area contributed by atoms with Gasteiger partial charge in [0.15, 0.2) is 11.4 Å². The Hall–Kier alpha value is -2.67. The number of imidazole rings is 1. The lowest BCUT2D eigenvalue weighted by Gasteiger charge is -2.00. The molecule has 7 heteroatoms. The minimum atomic E-state index is 0.0105. The van der Waals surface area contributed by atoms with E-state index in [2.05, 4.69) is 15.2 Å². The van der Waals surface area contributed by atoms with E-state index >= 15 is 0 Å². The molecule has 15 heavy (non-hydrogen) atoms. The largest absolute Gasteiger partial charge is 0.481 e. The summed E-state index contributed by atoms with van der Waals surface area (Å²) in [4.78, 5) is 3.84. The van der Waals surface area contributed by atoms with Crippen LogP contribution in [0.4, 0.5) is 0 Å². The number of rotatable bonds is 1. The van der Waals surface area contributed by atoms with E-state index in [9.17, 15) is 0 Å². The van der Waals surface area contributed by atoms with Gasteiger partial charge in [0.1, 0.15) is 18.3 Å². The van der Waals surface area contributed by atoms with E-state index in [4.69, 9.17) is 15.3 Å². The summed E-state index contributed by atoms with van der Waals surface area (Å²) < 4.78 is 6.33. The van der Waals surface area contributed by atoms with Crippen LogP contribution in [-0.4, -0.2) is 26.7 Å². The number of ether oxygens (including phenoxy) is 1. The molecule has 0 aliphatic carbocycles. The minimum absolute atomic E-state index is 0.0105. The number of methoxy groups -OCH3 is 1. The molecule has 0 atom stereocenters. The summed E-state index contributed by atoms with van der Waals surface area (Å²) in [5, 5.41) is 25.0. The Morgan fingerprint density at radius 3 is 2.80 bits per heavy atom. The van der Waals surface area contributed by atoms with E-state index in [1.54, 1.807) is 0 Å². The van der Waals surface area contributed by atoms with Gasteiger partial charge >= 0.3 is 0 Å². The molecule has 0 spiro atoms. The first kappa shape index (κ1) is 8.91. The molecule has 0 saturated carbocycles. The lowest BCUT2D eigenvalue weighted by molar-refractivity contribution is 0.387. The second-order valence-corrected chi connectivity index (χ2v) is 2.55. The van der Waals surface area contributed by atoms with Crippen LogP contribution in [0.1, 0.15) is 11.4 Å². The highest BCUT2D eigenvalue weighted by Crippen LogP contribution is 2.15. The quantitative estimate of drug-likeness (QED) is 0.635. The molecule has 0 saturated heterocycles. The number of nitrogens with zero attached hydrogens (tertiary/aromatic N) is 6. The number of nitriles is 2. The van der Waals surface area contributed by atoms with Gasteiger partial charge in [0.2, 0.25) is 5.88 Å². The second kappa shape index (κ2) is 3.24. The number of hydrogen-bond donors (Lipinski definition) is 0. The molecule has 0 unspecified atom stereocenters. The van der Waals surface area contributed by atoms with Gasteiger partial charge in [0, 0.05) is 0 Å². The molecule has 0 radical (unpaired) electrons. The van der Waals surface area contributed by atoms with E-state index in [-0.39, 0.29) is 17.2 Å². The van der Waals surface area contributed by atoms with Crippen LogP contribution in [0.25, 0.3) is 5.78 Å². The maximum absolute atomic E-state index is 8.89. The maximum Gasteiger partial charge on any atom is 0.258 e. The molecule has 0 amide bonds. The lowest BCUT2D eigenvalue weighted by Crippen LogP contribution is -1.99. The zero-order chi connectivity index (χ0) is 10.8. The third kappa shape index (κ3) is 1.15. The van der Waals surface area contributed by atoms with Crippen molar-refractivity contribution < 1.29 is 4.74 Å². The Morgan fingerprint density at radius 1 is 1.40 bits per heavy atom. The van der Waals surface area contributed by atoms with E-state index in [1.165, 1.54) is 17.7 Å². The molecule has 2 rings (SSSR count). The van der Waals surface area contributed by atoms with Crippen molar-refractivity contribution in [1.82, 2.24) is 19.6 Å². The number of aromatic nitrogens is 4. The minimum Gasteiger partial charge on any atom is -0.481 e. The van der Waals surface area contributed by atoms with Gasteiger partial charge in [0.25, 0.3) is 5.78 Å². The Morgan fingerprint density at radius 2 is 2.20 bits per heavy atom. The van der Waals surface area contributed by atoms with Crippen LogP contribution < -0.4 is 4.74 Å². The van der Waals surface area contributed by atoms with Crippen LogP contribution in [-0.2, 0) is 0 Å². The Bertz CT molecular complexity index is 602. The van der Waals surface area contributed by atoms with Crippen molar-refractivity contribution in [3.8, 4) is 18.0 Å². The summed E-state index contributed by atoms with van der Waals surface area (Å²) in [7, 11) is 1.43. The van der Waals surface area contributed by atoms with E-state index < -0.39 is 0 Å². The Labute approximate surface area is 84.2 Å². The molecule has 0 aromatic carbocycles. The summed E-state index contributed by atoms with van der Waals surface area (Å²) in [6.07, 6.45) is 1.34. The fourth-order valence-corrected chi connectivity index (χ4v) is 1.20. The van der Waals surface area contributed by atoms with E-state index in [0.717, 1.165) is 0 Å². The van der Waals surface area contributed by atoms with Crippen molar-refractivity contribution in [2.75, 3.05) is 7.11 Å². The van der Waals surface area contributed by atoms with Gasteiger partial charge in [-0.1, -0.05) is 0 Å². The van der Waals surface area contributed by atoms with Crippen LogP contribution in [0, 0.1) is 22.7 Å². The predicted octanol–water partition coefficient (Wildman–Crippen LogP) is -0.124. The smallest absolute Gasteiger partial charge is 0.258 e. The van der Waals surface area contributed by atoms with Crippen molar-refractivity contribution in [1.29, 1.82) is 10.5 Å². The van der Waals surface area contributed by atoms with Gasteiger partial charge < -0.3 is 4.74 Å². The van der Waals surface area contributed by atoms with Crippen LogP contribution in [0.15, 0.2) is 6.20 Å². The number of hydrogen-bond acceptors (Lipinski definition) is 6. The van der Waals surface area contributed by atoms with Gasteiger partial charge in [-0.15, -0.1) is 10.2 Å². The first-order valence-electron chi connectivity index (χ1n) is 3.90. The van der Waals surface area contributed by atoms with Gasteiger partial charge in [-0.05, 0) is 0 Å². The van der Waals surface area contributed by atoms with Crippen molar-refractivity contribution in [2.24, 2.45) is 0 Å². The Balaban J connectivity index is 2.93. The summed E-state index contributed by atoms with van der Waals surface area (Å²) in [5.74, 6) is 0.480. The molecule has 2 aromatic rings. The van der Waals surface area contributed by atoms with E-state index in [0.29, 0.717) is 5.88 Å². The monoisotopic (exact) mass is 200 g/mol. The molecule has 2 aromatic heterocycles. The van der Waals surface area contributed by atoms with Gasteiger partial charge in [-0.3, -0.25) is 0 Å². The third-order valence-corrected chi connectivity index (χ3v) is 1.82. The van der Waals surface area contributed by atoms with Crippen LogP contribution in [0.3, 0.4) is 0 Å². The summed E-state index contributed by atoms with van der Waals surface area (Å²) in [6.45, 7) is 0. The van der Waals surface area contributed by atoms with Crippen molar-refractivity contribution >= 4 is 5.78 Å². The average Bonchev–Trinajstić information content (AvgIpc) is 2.66. The normalized spacial score (nSPS) is 9.53. The molecule has 0 bridgehead atoms. The topological polar surface area (TPSA) is 99.9 Å². The summed E-state index contributed by atoms with van der Waals surface area (Å²) >= 11 is 0. The highest BCUT2D eigenvalue weighted by atomic mass is 16.5. The SMILES string of the molecule is COc1cnnc2nc(C#N)c(C#N)n12. The van der Waals surface area contributed by atoms with Crippen molar-refractivity contribution in [3.05, 3.63) is 17.6 Å². The van der Waals surface area contributed by atoms with Crippen LogP contribution in [0.2, 0.25) is 0 Å². The highest BCUT2D eigenvalue weighted by Gasteiger charge is 2.15. The van der Waals surface area contributed by atoms with Gasteiger partial charge in [-0.2, -0.15) is 15.5 Å². The number of fused-ring (bicyclic) bond motifs is 1. The molecule has 72 valence electrons. The van der Waals surface area contributed by atoms with E-state index in [1.807, 2.05) is 12.1 Å². The maximum atomic E-state index is 8.89. The lowest BCUT2D eigenvalue weighted by atomic mass is 10.4. The van der Waals surface area contributed by atoms with Crippen LogP contribution in [0.5, 0.6) is 5.88 Å². The molecule has 7 nitrogen and oxygen atoms in total. The standard InChI is InChI=1S/C8H4N6O/c1-15-7-4-11-13-8-12-5(2-9)6(3-10)14(7)8/h4H,1H3. The fraction of sp³-hybridized carbons (Fsp3) is 0.125. The van der Waals surface area contributed by atoms with Gasteiger partial charge in [-0.25, -0.2) is 4.40 Å². The summed E-state index contributed by atoms with van der Waals surface area (Å²) in [6, 6.07) is 3.68. The van der Waals surface area contributed by atoms with Crippen molar-refractivity contribution in [2.45, 2.75) is 0 Å². The van der Waals surface area contributed by atoms with Gasteiger partial charge in [0.05, 0.1) is 7.11 Å². The third-order valence-electron chi connectivity index (χ3n) is 1.82. The fourth-order valence-electron chi connectivity index (χ4n) is 1.20. The molecule has 0 aliphatic heterocycles. The Kier molecular flexibility index (Phi) is 1.92. The molecular weight excluding hydrogens is 196 g/mol. The highest BCUT2D eigenvalue weighted by molar-refractivity contribution is 5.48. The molecule has 0 fully saturated rings. The first-order chi connectivity index (χ1) is 7.31. The predicted molar refractivity (Wildman–Crippen MR) is 46.8 cm³/mol. The zero-order valence-corrected chi connectivity index (χ0v) is 7.67. The molecular formula is C8H4N6O. The summed E-state index contributed by atoms with van der Waals surface area (Å²) in [5.41, 5.74) is 0.107. The van der Waals surface area contributed by atoms with Crippen LogP contribution >= 0.6 is 0 Å². The second-order valence-electron chi connectivity index (χ2n) is 2.55. The van der Waals surface area contributed by atoms with Crippen molar-refractivity contribution in [3.63, 3.8) is 0 Å². The zero-order valence-electron chi connectivity index (χ0n) is 7.67. The molecule has 0 aliphatic rings. The first-order valence-corrected chi connectivity index (χ1v) is 3.90. The molecule has 0 N–H and O–H groups in total.